The standard InChI is InChI=1S/C11H11F4NO2/c1-2-9(17)16-7-4-3-5-8(6-7)18-11(14,15)10(12)13/h3-6,10H,2H2,1H3,(H,16,17). The fourth-order valence-corrected chi connectivity index (χ4v) is 1.09. The monoisotopic (exact) mass is 265 g/mol. The molecule has 0 aliphatic rings. The van der Waals surface area contributed by atoms with E-state index < -0.39 is 18.3 Å². The Balaban J connectivity index is 2.79. The van der Waals surface area contributed by atoms with Gasteiger partial charge in [0.25, 0.3) is 0 Å². The summed E-state index contributed by atoms with van der Waals surface area (Å²) >= 11 is 0. The Kier molecular flexibility index (Phi) is 4.52. The highest BCUT2D eigenvalue weighted by molar-refractivity contribution is 5.90. The molecule has 1 aromatic rings. The molecule has 0 heterocycles. The third kappa shape index (κ3) is 3.90. The van der Waals surface area contributed by atoms with Crippen molar-refractivity contribution in [3.8, 4) is 5.75 Å². The van der Waals surface area contributed by atoms with Gasteiger partial charge < -0.3 is 10.1 Å². The van der Waals surface area contributed by atoms with Crippen LogP contribution in [0.1, 0.15) is 13.3 Å². The average molecular weight is 265 g/mol. The SMILES string of the molecule is CCC(=O)Nc1cccc(OC(F)(F)C(F)F)c1. The Hall–Kier alpha value is -1.79. The minimum Gasteiger partial charge on any atom is -0.428 e. The summed E-state index contributed by atoms with van der Waals surface area (Å²) in [6.45, 7) is 1.61. The normalized spacial score (nSPS) is 11.4. The number of hydrogen-bond acceptors (Lipinski definition) is 2. The first kappa shape index (κ1) is 14.3. The average Bonchev–Trinajstić information content (AvgIpc) is 2.28. The Morgan fingerprint density at radius 1 is 1.44 bits per heavy atom. The highest BCUT2D eigenvalue weighted by Gasteiger charge is 2.43. The van der Waals surface area contributed by atoms with E-state index in [1.165, 1.54) is 12.1 Å². The van der Waals surface area contributed by atoms with Gasteiger partial charge in [-0.25, -0.2) is 0 Å². The summed E-state index contributed by atoms with van der Waals surface area (Å²) in [4.78, 5) is 11.1. The van der Waals surface area contributed by atoms with Gasteiger partial charge in [-0.3, -0.25) is 4.79 Å². The first-order chi connectivity index (χ1) is 8.35. The molecular formula is C11H11F4NO2. The van der Waals surface area contributed by atoms with Crippen LogP contribution < -0.4 is 10.1 Å². The number of anilines is 1. The summed E-state index contributed by atoms with van der Waals surface area (Å²) in [5.41, 5.74) is 0.199. The number of ether oxygens (including phenoxy) is 1. The summed E-state index contributed by atoms with van der Waals surface area (Å²) < 4.78 is 53.0. The van der Waals surface area contributed by atoms with Crippen molar-refractivity contribution in [3.05, 3.63) is 24.3 Å². The largest absolute Gasteiger partial charge is 0.461 e. The second-order valence-corrected chi connectivity index (χ2v) is 3.39. The molecule has 100 valence electrons. The van der Waals surface area contributed by atoms with Gasteiger partial charge in [0.05, 0.1) is 0 Å². The van der Waals surface area contributed by atoms with Crippen LogP contribution in [-0.4, -0.2) is 18.4 Å². The minimum atomic E-state index is -4.56. The molecule has 0 aliphatic heterocycles. The van der Waals surface area contributed by atoms with Crippen LogP contribution in [0.4, 0.5) is 23.2 Å². The zero-order chi connectivity index (χ0) is 13.8. The molecule has 0 spiro atoms. The van der Waals surface area contributed by atoms with Gasteiger partial charge >= 0.3 is 12.5 Å². The van der Waals surface area contributed by atoms with Crippen LogP contribution in [0, 0.1) is 0 Å². The van der Waals surface area contributed by atoms with Crippen molar-refractivity contribution < 1.29 is 27.1 Å². The predicted molar refractivity (Wildman–Crippen MR) is 56.9 cm³/mol. The van der Waals surface area contributed by atoms with E-state index in [0.29, 0.717) is 0 Å². The van der Waals surface area contributed by atoms with Crippen molar-refractivity contribution >= 4 is 11.6 Å². The molecule has 0 radical (unpaired) electrons. The van der Waals surface area contributed by atoms with Crippen LogP contribution in [0.25, 0.3) is 0 Å². The predicted octanol–water partition coefficient (Wildman–Crippen LogP) is 3.27. The van der Waals surface area contributed by atoms with Gasteiger partial charge in [-0.2, -0.15) is 17.6 Å². The topological polar surface area (TPSA) is 38.3 Å². The van der Waals surface area contributed by atoms with Crippen molar-refractivity contribution in [3.63, 3.8) is 0 Å². The van der Waals surface area contributed by atoms with Crippen molar-refractivity contribution in [1.29, 1.82) is 0 Å². The third-order valence-corrected chi connectivity index (χ3v) is 1.95. The maximum atomic E-state index is 12.6. The fraction of sp³-hybridized carbons (Fsp3) is 0.364. The second kappa shape index (κ2) is 5.70. The van der Waals surface area contributed by atoms with E-state index in [4.69, 9.17) is 0 Å². The lowest BCUT2D eigenvalue weighted by molar-refractivity contribution is -0.253. The van der Waals surface area contributed by atoms with Gasteiger partial charge in [0.2, 0.25) is 5.91 Å². The second-order valence-electron chi connectivity index (χ2n) is 3.39. The van der Waals surface area contributed by atoms with Crippen LogP contribution in [-0.2, 0) is 4.79 Å². The lowest BCUT2D eigenvalue weighted by Gasteiger charge is -2.17. The maximum absolute atomic E-state index is 12.6. The molecule has 0 aromatic heterocycles. The van der Waals surface area contributed by atoms with Gasteiger partial charge in [-0.05, 0) is 12.1 Å². The smallest absolute Gasteiger partial charge is 0.428 e. The zero-order valence-electron chi connectivity index (χ0n) is 9.42. The Bertz CT molecular complexity index is 423. The lowest BCUT2D eigenvalue weighted by atomic mass is 10.3. The maximum Gasteiger partial charge on any atom is 0.461 e. The highest BCUT2D eigenvalue weighted by atomic mass is 19.3. The molecule has 0 atom stereocenters. The van der Waals surface area contributed by atoms with E-state index in [-0.39, 0.29) is 18.0 Å². The number of hydrogen-bond donors (Lipinski definition) is 1. The summed E-state index contributed by atoms with van der Waals surface area (Å²) in [6, 6.07) is 4.88. The number of carbonyl (C=O) groups is 1. The number of amides is 1. The number of benzene rings is 1. The first-order valence-electron chi connectivity index (χ1n) is 5.10. The van der Waals surface area contributed by atoms with Crippen molar-refractivity contribution in [2.24, 2.45) is 0 Å². The summed E-state index contributed by atoms with van der Waals surface area (Å²) in [7, 11) is 0. The van der Waals surface area contributed by atoms with E-state index in [2.05, 4.69) is 10.1 Å². The molecule has 0 saturated carbocycles. The minimum absolute atomic E-state index is 0.199. The van der Waals surface area contributed by atoms with Crippen LogP contribution >= 0.6 is 0 Å². The Labute approximate surface area is 101 Å². The number of alkyl halides is 4. The van der Waals surface area contributed by atoms with Crippen molar-refractivity contribution in [2.75, 3.05) is 5.32 Å². The van der Waals surface area contributed by atoms with Gasteiger partial charge in [-0.1, -0.05) is 13.0 Å². The molecule has 0 fully saturated rings. The molecule has 0 saturated heterocycles. The summed E-state index contributed by atoms with van der Waals surface area (Å²) in [5.74, 6) is -0.776. The number of rotatable bonds is 5. The number of nitrogens with one attached hydrogen (secondary N) is 1. The Morgan fingerprint density at radius 3 is 2.67 bits per heavy atom. The van der Waals surface area contributed by atoms with E-state index in [0.717, 1.165) is 12.1 Å². The van der Waals surface area contributed by atoms with Crippen LogP contribution in [0.2, 0.25) is 0 Å². The first-order valence-corrected chi connectivity index (χ1v) is 5.10. The molecule has 1 aromatic carbocycles. The van der Waals surface area contributed by atoms with E-state index in [9.17, 15) is 22.4 Å². The molecule has 0 unspecified atom stereocenters. The Morgan fingerprint density at radius 2 is 2.11 bits per heavy atom. The summed E-state index contributed by atoms with van der Waals surface area (Å²) in [6.07, 6.45) is -8.28. The molecular weight excluding hydrogens is 254 g/mol. The molecule has 1 rings (SSSR count). The van der Waals surface area contributed by atoms with Gasteiger partial charge in [0.1, 0.15) is 5.75 Å². The summed E-state index contributed by atoms with van der Waals surface area (Å²) in [5, 5.41) is 2.40. The molecule has 0 bridgehead atoms. The molecule has 7 heteroatoms. The van der Waals surface area contributed by atoms with Gasteiger partial charge in [-0.15, -0.1) is 0 Å². The fourth-order valence-electron chi connectivity index (χ4n) is 1.09. The molecule has 1 N–H and O–H groups in total. The number of halogens is 4. The van der Waals surface area contributed by atoms with Crippen molar-refractivity contribution in [1.82, 2.24) is 0 Å². The van der Waals surface area contributed by atoms with E-state index in [1.807, 2.05) is 0 Å². The molecule has 18 heavy (non-hydrogen) atoms. The van der Waals surface area contributed by atoms with Crippen LogP contribution in [0.3, 0.4) is 0 Å². The number of carbonyl (C=O) groups excluding carboxylic acids is 1. The quantitative estimate of drug-likeness (QED) is 0.830. The van der Waals surface area contributed by atoms with Crippen molar-refractivity contribution in [2.45, 2.75) is 25.9 Å². The van der Waals surface area contributed by atoms with E-state index in [1.54, 1.807) is 6.92 Å². The molecule has 1 amide bonds. The van der Waals surface area contributed by atoms with Gasteiger partial charge in [0.15, 0.2) is 0 Å². The molecule has 0 aliphatic carbocycles. The van der Waals surface area contributed by atoms with Crippen LogP contribution in [0.15, 0.2) is 24.3 Å². The third-order valence-electron chi connectivity index (χ3n) is 1.95. The molecule has 3 nitrogen and oxygen atoms in total. The zero-order valence-corrected chi connectivity index (χ0v) is 9.42. The van der Waals surface area contributed by atoms with Gasteiger partial charge in [0, 0.05) is 18.2 Å². The highest BCUT2D eigenvalue weighted by Crippen LogP contribution is 2.28. The lowest BCUT2D eigenvalue weighted by Crippen LogP contribution is -2.33. The van der Waals surface area contributed by atoms with Crippen LogP contribution in [0.5, 0.6) is 5.75 Å². The van der Waals surface area contributed by atoms with E-state index >= 15 is 0 Å².